The standard InChI is InChI=1S/C11H14BrNO3S/c1-3-8(2)7-16-10-5-4-9(12)6-11(10)17(13,14)15/h4-6H,2-3,7H2,1H3,(H2,13,14,15). The van der Waals surface area contributed by atoms with Gasteiger partial charge in [-0.3, -0.25) is 0 Å². The number of primary sulfonamides is 1. The molecule has 0 aliphatic rings. The van der Waals surface area contributed by atoms with Gasteiger partial charge in [0.25, 0.3) is 0 Å². The van der Waals surface area contributed by atoms with E-state index in [-0.39, 0.29) is 17.3 Å². The van der Waals surface area contributed by atoms with Crippen molar-refractivity contribution < 1.29 is 13.2 Å². The second-order valence-electron chi connectivity index (χ2n) is 3.53. The lowest BCUT2D eigenvalue weighted by molar-refractivity contribution is 0.339. The Bertz CT molecular complexity index is 526. The molecule has 0 atom stereocenters. The first kappa shape index (κ1) is 14.2. The summed E-state index contributed by atoms with van der Waals surface area (Å²) in [5.41, 5.74) is 0.883. The lowest BCUT2D eigenvalue weighted by atomic mass is 10.2. The van der Waals surface area contributed by atoms with Gasteiger partial charge >= 0.3 is 0 Å². The fourth-order valence-corrected chi connectivity index (χ4v) is 2.32. The second kappa shape index (κ2) is 5.66. The molecular formula is C11H14BrNO3S. The van der Waals surface area contributed by atoms with Crippen LogP contribution in [0.3, 0.4) is 0 Å². The molecule has 0 spiro atoms. The van der Waals surface area contributed by atoms with Crippen LogP contribution >= 0.6 is 15.9 Å². The molecule has 1 aromatic carbocycles. The Labute approximate surface area is 110 Å². The molecule has 94 valence electrons. The van der Waals surface area contributed by atoms with Crippen molar-refractivity contribution in [3.8, 4) is 5.75 Å². The number of ether oxygens (including phenoxy) is 1. The van der Waals surface area contributed by atoms with Crippen molar-refractivity contribution in [1.29, 1.82) is 0 Å². The molecule has 0 fully saturated rings. The zero-order chi connectivity index (χ0) is 13.1. The first-order valence-electron chi connectivity index (χ1n) is 4.96. The van der Waals surface area contributed by atoms with Crippen LogP contribution in [0, 0.1) is 0 Å². The molecule has 0 bridgehead atoms. The van der Waals surface area contributed by atoms with Crippen LogP contribution in [0.15, 0.2) is 39.7 Å². The Hall–Kier alpha value is -0.850. The van der Waals surface area contributed by atoms with Crippen LogP contribution < -0.4 is 9.88 Å². The molecule has 0 heterocycles. The number of hydrogen-bond acceptors (Lipinski definition) is 3. The van der Waals surface area contributed by atoms with Gasteiger partial charge in [0.15, 0.2) is 0 Å². The van der Waals surface area contributed by atoms with Gasteiger partial charge in [0.05, 0.1) is 0 Å². The Morgan fingerprint density at radius 2 is 2.18 bits per heavy atom. The Kier molecular flexibility index (Phi) is 4.73. The van der Waals surface area contributed by atoms with E-state index in [1.807, 2.05) is 6.92 Å². The highest BCUT2D eigenvalue weighted by Gasteiger charge is 2.15. The average Bonchev–Trinajstić information content (AvgIpc) is 2.25. The summed E-state index contributed by atoms with van der Waals surface area (Å²) >= 11 is 3.19. The topological polar surface area (TPSA) is 69.4 Å². The molecule has 4 nitrogen and oxygen atoms in total. The van der Waals surface area contributed by atoms with Crippen molar-refractivity contribution in [1.82, 2.24) is 0 Å². The van der Waals surface area contributed by atoms with Gasteiger partial charge in [-0.25, -0.2) is 13.6 Å². The van der Waals surface area contributed by atoms with Gasteiger partial charge in [0.1, 0.15) is 17.3 Å². The summed E-state index contributed by atoms with van der Waals surface area (Å²) in [6.07, 6.45) is 0.779. The first-order chi connectivity index (χ1) is 7.84. The molecule has 0 amide bonds. The zero-order valence-electron chi connectivity index (χ0n) is 9.44. The smallest absolute Gasteiger partial charge is 0.241 e. The van der Waals surface area contributed by atoms with Crippen molar-refractivity contribution in [2.75, 3.05) is 6.61 Å². The predicted molar refractivity (Wildman–Crippen MR) is 70.4 cm³/mol. The van der Waals surface area contributed by atoms with E-state index >= 15 is 0 Å². The molecule has 6 heteroatoms. The summed E-state index contributed by atoms with van der Waals surface area (Å²) in [5.74, 6) is 0.241. The number of benzene rings is 1. The fourth-order valence-electron chi connectivity index (χ4n) is 1.11. The van der Waals surface area contributed by atoms with Crippen molar-refractivity contribution in [2.45, 2.75) is 18.2 Å². The van der Waals surface area contributed by atoms with Gasteiger partial charge in [0, 0.05) is 4.47 Å². The van der Waals surface area contributed by atoms with E-state index in [9.17, 15) is 8.42 Å². The molecular weight excluding hydrogens is 306 g/mol. The second-order valence-corrected chi connectivity index (χ2v) is 5.97. The summed E-state index contributed by atoms with van der Waals surface area (Å²) in [6, 6.07) is 4.67. The van der Waals surface area contributed by atoms with E-state index in [1.54, 1.807) is 12.1 Å². The summed E-state index contributed by atoms with van der Waals surface area (Å²) in [6.45, 7) is 6.01. The highest BCUT2D eigenvalue weighted by molar-refractivity contribution is 9.10. The van der Waals surface area contributed by atoms with E-state index < -0.39 is 10.0 Å². The van der Waals surface area contributed by atoms with Crippen LogP contribution in [0.25, 0.3) is 0 Å². The molecule has 1 aromatic rings. The van der Waals surface area contributed by atoms with Crippen molar-refractivity contribution in [3.05, 3.63) is 34.8 Å². The minimum absolute atomic E-state index is 0.0317. The third kappa shape index (κ3) is 4.14. The SMILES string of the molecule is C=C(CC)COc1ccc(Br)cc1S(N)(=O)=O. The van der Waals surface area contributed by atoms with Gasteiger partial charge in [-0.05, 0) is 30.2 Å². The van der Waals surface area contributed by atoms with Crippen LogP contribution in [-0.2, 0) is 10.0 Å². The van der Waals surface area contributed by atoms with Gasteiger partial charge in [-0.2, -0.15) is 0 Å². The summed E-state index contributed by atoms with van der Waals surface area (Å²) in [7, 11) is -3.80. The van der Waals surface area contributed by atoms with Crippen LogP contribution in [0.4, 0.5) is 0 Å². The minimum atomic E-state index is -3.80. The van der Waals surface area contributed by atoms with Gasteiger partial charge in [-0.1, -0.05) is 29.4 Å². The largest absolute Gasteiger partial charge is 0.488 e. The van der Waals surface area contributed by atoms with Gasteiger partial charge < -0.3 is 4.74 Å². The monoisotopic (exact) mass is 319 g/mol. The van der Waals surface area contributed by atoms with Gasteiger partial charge in [-0.15, -0.1) is 0 Å². The number of rotatable bonds is 5. The Balaban J connectivity index is 3.04. The fraction of sp³-hybridized carbons (Fsp3) is 0.273. The van der Waals surface area contributed by atoms with Crippen LogP contribution in [0.5, 0.6) is 5.75 Å². The predicted octanol–water partition coefficient (Wildman–Crippen LogP) is 2.44. The Morgan fingerprint density at radius 3 is 2.71 bits per heavy atom. The van der Waals surface area contributed by atoms with Crippen molar-refractivity contribution in [2.24, 2.45) is 5.14 Å². The van der Waals surface area contributed by atoms with E-state index in [0.717, 1.165) is 12.0 Å². The molecule has 17 heavy (non-hydrogen) atoms. The maximum atomic E-state index is 11.4. The first-order valence-corrected chi connectivity index (χ1v) is 7.30. The maximum absolute atomic E-state index is 11.4. The number of hydrogen-bond donors (Lipinski definition) is 1. The van der Waals surface area contributed by atoms with Crippen molar-refractivity contribution >= 4 is 26.0 Å². The maximum Gasteiger partial charge on any atom is 0.241 e. The highest BCUT2D eigenvalue weighted by Crippen LogP contribution is 2.26. The van der Waals surface area contributed by atoms with E-state index in [4.69, 9.17) is 9.88 Å². The molecule has 0 aliphatic heterocycles. The lowest BCUT2D eigenvalue weighted by Crippen LogP contribution is -2.14. The third-order valence-electron chi connectivity index (χ3n) is 2.14. The van der Waals surface area contributed by atoms with E-state index in [1.165, 1.54) is 6.07 Å². The molecule has 0 unspecified atom stereocenters. The highest BCUT2D eigenvalue weighted by atomic mass is 79.9. The molecule has 0 aromatic heterocycles. The zero-order valence-corrected chi connectivity index (χ0v) is 11.8. The van der Waals surface area contributed by atoms with Crippen molar-refractivity contribution in [3.63, 3.8) is 0 Å². The summed E-state index contributed by atoms with van der Waals surface area (Å²) in [5, 5.41) is 5.11. The number of nitrogens with two attached hydrogens (primary N) is 1. The van der Waals surface area contributed by atoms with E-state index in [0.29, 0.717) is 4.47 Å². The molecule has 0 saturated heterocycles. The molecule has 0 aliphatic carbocycles. The minimum Gasteiger partial charge on any atom is -0.488 e. The Morgan fingerprint density at radius 1 is 1.53 bits per heavy atom. The lowest BCUT2D eigenvalue weighted by Gasteiger charge is -2.11. The number of halogens is 1. The van der Waals surface area contributed by atoms with Crippen LogP contribution in [0.2, 0.25) is 0 Å². The summed E-state index contributed by atoms with van der Waals surface area (Å²) < 4.78 is 28.8. The quantitative estimate of drug-likeness (QED) is 0.847. The molecule has 0 radical (unpaired) electrons. The third-order valence-corrected chi connectivity index (χ3v) is 3.57. The number of sulfonamides is 1. The average molecular weight is 320 g/mol. The normalized spacial score (nSPS) is 11.2. The molecule has 2 N–H and O–H groups in total. The van der Waals surface area contributed by atoms with Crippen LogP contribution in [0.1, 0.15) is 13.3 Å². The van der Waals surface area contributed by atoms with Gasteiger partial charge in [0.2, 0.25) is 10.0 Å². The van der Waals surface area contributed by atoms with E-state index in [2.05, 4.69) is 22.5 Å². The van der Waals surface area contributed by atoms with Crippen LogP contribution in [-0.4, -0.2) is 15.0 Å². The molecule has 1 rings (SSSR count). The summed E-state index contributed by atoms with van der Waals surface area (Å²) in [4.78, 5) is -0.0317. The molecule has 0 saturated carbocycles.